The van der Waals surface area contributed by atoms with Crippen LogP contribution in [-0.2, 0) is 4.74 Å². The molecular weight excluding hydrogens is 268 g/mol. The summed E-state index contributed by atoms with van der Waals surface area (Å²) in [6.07, 6.45) is 7.86. The highest BCUT2D eigenvalue weighted by Gasteiger charge is 2.40. The lowest BCUT2D eigenvalue weighted by Gasteiger charge is -2.41. The minimum atomic E-state index is -0.267. The number of aromatic nitrogens is 3. The van der Waals surface area contributed by atoms with Crippen molar-refractivity contribution in [3.05, 3.63) is 35.0 Å². The van der Waals surface area contributed by atoms with Crippen molar-refractivity contribution >= 4 is 11.0 Å². The number of pyridine rings is 1. The second-order valence-electron chi connectivity index (χ2n) is 5.90. The molecule has 1 aliphatic carbocycles. The molecule has 0 N–H and O–H groups in total. The van der Waals surface area contributed by atoms with Gasteiger partial charge in [0.15, 0.2) is 5.65 Å². The Morgan fingerprint density at radius 3 is 2.95 bits per heavy atom. The molecule has 1 saturated heterocycles. The van der Waals surface area contributed by atoms with E-state index in [0.717, 1.165) is 24.8 Å². The van der Waals surface area contributed by atoms with E-state index < -0.39 is 0 Å². The van der Waals surface area contributed by atoms with Crippen LogP contribution in [0.15, 0.2) is 29.3 Å². The molecule has 4 rings (SSSR count). The van der Waals surface area contributed by atoms with Crippen LogP contribution in [-0.4, -0.2) is 39.9 Å². The van der Waals surface area contributed by atoms with Crippen molar-refractivity contribution in [1.82, 2.24) is 14.6 Å². The van der Waals surface area contributed by atoms with E-state index in [1.807, 2.05) is 12.1 Å². The lowest BCUT2D eigenvalue weighted by atomic mass is 10.0. The van der Waals surface area contributed by atoms with Crippen LogP contribution >= 0.6 is 0 Å². The molecule has 0 radical (unpaired) electrons. The van der Waals surface area contributed by atoms with Crippen molar-refractivity contribution < 1.29 is 4.74 Å². The molecule has 21 heavy (non-hydrogen) atoms. The Morgan fingerprint density at radius 1 is 1.24 bits per heavy atom. The third-order valence-electron chi connectivity index (χ3n) is 4.54. The largest absolute Gasteiger partial charge is 0.371 e. The zero-order chi connectivity index (χ0) is 14.3. The van der Waals surface area contributed by atoms with Gasteiger partial charge in [-0.15, -0.1) is 0 Å². The van der Waals surface area contributed by atoms with Crippen molar-refractivity contribution in [3.8, 4) is 0 Å². The van der Waals surface area contributed by atoms with Gasteiger partial charge in [-0.2, -0.15) is 9.66 Å². The van der Waals surface area contributed by atoms with Gasteiger partial charge in [0.1, 0.15) is 0 Å². The van der Waals surface area contributed by atoms with Gasteiger partial charge in [0.25, 0.3) is 0 Å². The molecular formula is C15H18N4O2. The molecule has 1 saturated carbocycles. The monoisotopic (exact) mass is 286 g/mol. The average molecular weight is 286 g/mol. The topological polar surface area (TPSA) is 60.2 Å². The third kappa shape index (κ3) is 2.10. The molecule has 0 bridgehead atoms. The Balaban J connectivity index is 1.79. The molecule has 1 spiro atoms. The Labute approximate surface area is 122 Å². The molecule has 2 fully saturated rings. The smallest absolute Gasteiger partial charge is 0.368 e. The number of morpholine rings is 1. The second kappa shape index (κ2) is 4.80. The third-order valence-corrected chi connectivity index (χ3v) is 4.54. The first-order valence-corrected chi connectivity index (χ1v) is 7.49. The van der Waals surface area contributed by atoms with Crippen molar-refractivity contribution in [2.75, 3.05) is 24.7 Å². The van der Waals surface area contributed by atoms with E-state index >= 15 is 0 Å². The van der Waals surface area contributed by atoms with Crippen molar-refractivity contribution in [2.24, 2.45) is 0 Å². The molecule has 2 aromatic rings. The maximum absolute atomic E-state index is 12.3. The minimum Gasteiger partial charge on any atom is -0.371 e. The van der Waals surface area contributed by atoms with E-state index in [-0.39, 0.29) is 11.3 Å². The number of nitrogens with zero attached hydrogens (tertiary/aromatic N) is 4. The summed E-state index contributed by atoms with van der Waals surface area (Å²) in [5.74, 6) is 0. The lowest BCUT2D eigenvalue weighted by Crippen LogP contribution is -2.57. The molecule has 1 aliphatic heterocycles. The van der Waals surface area contributed by atoms with E-state index in [2.05, 4.69) is 15.0 Å². The molecule has 2 aromatic heterocycles. The van der Waals surface area contributed by atoms with Crippen LogP contribution in [0.25, 0.3) is 11.0 Å². The second-order valence-corrected chi connectivity index (χ2v) is 5.90. The number of hydrogen-bond acceptors (Lipinski definition) is 5. The number of ether oxygens (including phenoxy) is 1. The lowest BCUT2D eigenvalue weighted by molar-refractivity contribution is -0.0570. The van der Waals surface area contributed by atoms with Crippen LogP contribution in [0.4, 0.5) is 0 Å². The van der Waals surface area contributed by atoms with Crippen molar-refractivity contribution in [2.45, 2.75) is 31.3 Å². The summed E-state index contributed by atoms with van der Waals surface area (Å²) >= 11 is 0. The van der Waals surface area contributed by atoms with E-state index in [1.54, 1.807) is 17.1 Å². The Morgan fingerprint density at radius 2 is 2.10 bits per heavy atom. The van der Waals surface area contributed by atoms with Gasteiger partial charge in [0.2, 0.25) is 0 Å². The van der Waals surface area contributed by atoms with E-state index in [0.29, 0.717) is 18.8 Å². The molecule has 0 aromatic carbocycles. The Bertz CT molecular complexity index is 721. The summed E-state index contributed by atoms with van der Waals surface area (Å²) in [7, 11) is 0. The average Bonchev–Trinajstić information content (AvgIpc) is 2.95. The van der Waals surface area contributed by atoms with Gasteiger partial charge in [-0.3, -0.25) is 0 Å². The SMILES string of the molecule is O=c1ncc2cccnc2n1N1CCOC2(CCCC2)C1. The summed E-state index contributed by atoms with van der Waals surface area (Å²) in [5.41, 5.74) is 0.318. The normalized spacial score (nSPS) is 21.2. The first kappa shape index (κ1) is 12.8. The van der Waals surface area contributed by atoms with Gasteiger partial charge in [0.05, 0.1) is 25.3 Å². The maximum atomic E-state index is 12.3. The van der Waals surface area contributed by atoms with Gasteiger partial charge in [0, 0.05) is 17.8 Å². The van der Waals surface area contributed by atoms with Gasteiger partial charge >= 0.3 is 5.69 Å². The molecule has 6 nitrogen and oxygen atoms in total. The van der Waals surface area contributed by atoms with E-state index in [9.17, 15) is 4.79 Å². The van der Waals surface area contributed by atoms with Crippen molar-refractivity contribution in [3.63, 3.8) is 0 Å². The summed E-state index contributed by atoms with van der Waals surface area (Å²) in [6, 6.07) is 3.79. The molecule has 3 heterocycles. The van der Waals surface area contributed by atoms with Crippen LogP contribution in [0.1, 0.15) is 25.7 Å². The summed E-state index contributed by atoms with van der Waals surface area (Å²) in [5, 5.41) is 2.93. The fourth-order valence-electron chi connectivity index (χ4n) is 3.53. The number of hydrogen-bond donors (Lipinski definition) is 0. The zero-order valence-corrected chi connectivity index (χ0v) is 11.9. The zero-order valence-electron chi connectivity index (χ0n) is 11.9. The highest BCUT2D eigenvalue weighted by Crippen LogP contribution is 2.35. The summed E-state index contributed by atoms with van der Waals surface area (Å²) < 4.78 is 7.66. The van der Waals surface area contributed by atoms with Gasteiger partial charge in [-0.25, -0.2) is 9.78 Å². The highest BCUT2D eigenvalue weighted by atomic mass is 16.5. The fourth-order valence-corrected chi connectivity index (χ4v) is 3.53. The van der Waals surface area contributed by atoms with Crippen LogP contribution in [0.2, 0.25) is 0 Å². The van der Waals surface area contributed by atoms with Crippen LogP contribution in [0.5, 0.6) is 0 Å². The maximum Gasteiger partial charge on any atom is 0.368 e. The molecule has 0 unspecified atom stereocenters. The first-order chi connectivity index (χ1) is 10.3. The molecule has 0 amide bonds. The number of fused-ring (bicyclic) bond motifs is 1. The number of rotatable bonds is 1. The van der Waals surface area contributed by atoms with Crippen molar-refractivity contribution in [1.29, 1.82) is 0 Å². The standard InChI is InChI=1S/C15H18N4O2/c20-14-17-10-12-4-3-7-16-13(12)19(14)18-8-9-21-15(11-18)5-1-2-6-15/h3-4,7,10H,1-2,5-6,8-9,11H2. The van der Waals surface area contributed by atoms with Crippen LogP contribution < -0.4 is 10.7 Å². The quantitative estimate of drug-likeness (QED) is 0.785. The van der Waals surface area contributed by atoms with Gasteiger partial charge in [-0.05, 0) is 25.0 Å². The first-order valence-electron chi connectivity index (χ1n) is 7.49. The molecule has 2 aliphatic rings. The van der Waals surface area contributed by atoms with Gasteiger partial charge in [-0.1, -0.05) is 12.8 Å². The highest BCUT2D eigenvalue weighted by molar-refractivity contribution is 5.73. The van der Waals surface area contributed by atoms with E-state index in [1.165, 1.54) is 12.8 Å². The molecule has 0 atom stereocenters. The summed E-state index contributed by atoms with van der Waals surface area (Å²) in [6.45, 7) is 2.08. The minimum absolute atomic E-state index is 0.0887. The molecule has 110 valence electrons. The van der Waals surface area contributed by atoms with Crippen LogP contribution in [0, 0.1) is 0 Å². The van der Waals surface area contributed by atoms with E-state index in [4.69, 9.17) is 4.74 Å². The predicted molar refractivity (Wildman–Crippen MR) is 78.9 cm³/mol. The van der Waals surface area contributed by atoms with Gasteiger partial charge < -0.3 is 9.75 Å². The molecule has 6 heteroatoms. The fraction of sp³-hybridized carbons (Fsp3) is 0.533. The summed E-state index contributed by atoms with van der Waals surface area (Å²) in [4.78, 5) is 20.6. The predicted octanol–water partition coefficient (Wildman–Crippen LogP) is 1.07. The Hall–Kier alpha value is -1.95. The Kier molecular flexibility index (Phi) is 2.92. The van der Waals surface area contributed by atoms with Crippen LogP contribution in [0.3, 0.4) is 0 Å².